The van der Waals surface area contributed by atoms with E-state index in [0.29, 0.717) is 5.82 Å². The second-order valence-corrected chi connectivity index (χ2v) is 8.61. The van der Waals surface area contributed by atoms with E-state index in [1.165, 1.54) is 16.8 Å². The molecule has 0 spiro atoms. The Balaban J connectivity index is 1.58. The highest BCUT2D eigenvalue weighted by Crippen LogP contribution is 2.31. The molecule has 0 aliphatic rings. The number of carbonyl (C=O) groups excluding carboxylic acids is 1. The minimum atomic E-state index is -4.49. The third-order valence-electron chi connectivity index (χ3n) is 4.69. The smallest absolute Gasteiger partial charge is 0.416 e. The zero-order chi connectivity index (χ0) is 24.2. The number of nitrogens with one attached hydrogen (secondary N) is 1. The molecule has 176 valence electrons. The van der Waals surface area contributed by atoms with Crippen LogP contribution in [0.5, 0.6) is 5.75 Å². The van der Waals surface area contributed by atoms with Crippen LogP contribution < -0.4 is 15.9 Å². The van der Waals surface area contributed by atoms with Gasteiger partial charge in [-0.1, -0.05) is 43.8 Å². The lowest BCUT2D eigenvalue weighted by atomic mass is 10.0. The van der Waals surface area contributed by atoms with E-state index in [2.05, 4.69) is 29.4 Å². The van der Waals surface area contributed by atoms with Gasteiger partial charge in [-0.05, 0) is 48.2 Å². The fraction of sp³-hybridized carbons (Fsp3) is 0.318. The molecule has 0 saturated carbocycles. The lowest BCUT2D eigenvalue weighted by Crippen LogP contribution is -2.18. The van der Waals surface area contributed by atoms with Crippen LogP contribution >= 0.6 is 11.8 Å². The van der Waals surface area contributed by atoms with Gasteiger partial charge >= 0.3 is 6.18 Å². The summed E-state index contributed by atoms with van der Waals surface area (Å²) in [6.07, 6.45) is -4.49. The van der Waals surface area contributed by atoms with Crippen molar-refractivity contribution in [1.82, 2.24) is 14.9 Å². The lowest BCUT2D eigenvalue weighted by molar-refractivity contribution is -0.137. The number of nitrogens with zero attached hydrogens (tertiary/aromatic N) is 3. The summed E-state index contributed by atoms with van der Waals surface area (Å²) in [7, 11) is 0. The van der Waals surface area contributed by atoms with Crippen LogP contribution in [-0.2, 0) is 17.6 Å². The van der Waals surface area contributed by atoms with Gasteiger partial charge in [0.25, 0.3) is 0 Å². The fourth-order valence-electron chi connectivity index (χ4n) is 2.99. The van der Waals surface area contributed by atoms with Gasteiger partial charge in [0.15, 0.2) is 5.82 Å². The van der Waals surface area contributed by atoms with Gasteiger partial charge in [-0.3, -0.25) is 4.79 Å². The number of aromatic nitrogens is 3. The number of anilines is 1. The summed E-state index contributed by atoms with van der Waals surface area (Å²) in [4.78, 5) is 12.2. The summed E-state index contributed by atoms with van der Waals surface area (Å²) in [6, 6.07) is 10.4. The van der Waals surface area contributed by atoms with Crippen molar-refractivity contribution < 1.29 is 22.7 Å². The summed E-state index contributed by atoms with van der Waals surface area (Å²) in [5.41, 5.74) is 1.34. The fourth-order valence-corrected chi connectivity index (χ4v) is 3.67. The number of ether oxygens (including phenoxy) is 1. The van der Waals surface area contributed by atoms with Crippen molar-refractivity contribution in [3.8, 4) is 5.75 Å². The van der Waals surface area contributed by atoms with Crippen LogP contribution in [0.1, 0.15) is 42.3 Å². The summed E-state index contributed by atoms with van der Waals surface area (Å²) < 4.78 is 45.6. The monoisotopic (exact) mass is 479 g/mol. The molecule has 3 N–H and O–H groups in total. The largest absolute Gasteiger partial charge is 0.485 e. The van der Waals surface area contributed by atoms with E-state index >= 15 is 0 Å². The second kappa shape index (κ2) is 10.2. The molecule has 0 aliphatic heterocycles. The molecule has 11 heteroatoms. The molecular weight excluding hydrogens is 455 g/mol. The third kappa shape index (κ3) is 6.41. The minimum absolute atomic E-state index is 0.0536. The maximum absolute atomic E-state index is 12.8. The molecule has 2 aromatic carbocycles. The van der Waals surface area contributed by atoms with Crippen molar-refractivity contribution in [2.75, 3.05) is 16.9 Å². The zero-order valence-corrected chi connectivity index (χ0v) is 19.1. The maximum Gasteiger partial charge on any atom is 0.416 e. The van der Waals surface area contributed by atoms with Crippen LogP contribution in [0.4, 0.5) is 18.9 Å². The van der Waals surface area contributed by atoms with E-state index in [1.54, 1.807) is 0 Å². The number of halogens is 3. The molecule has 0 fully saturated rings. The molecule has 3 aromatic rings. The molecular formula is C22H24F3N5O2S. The van der Waals surface area contributed by atoms with Gasteiger partial charge in [-0.2, -0.15) is 13.2 Å². The number of carbonyl (C=O) groups is 1. The van der Waals surface area contributed by atoms with Gasteiger partial charge in [0, 0.05) is 5.69 Å². The summed E-state index contributed by atoms with van der Waals surface area (Å²) in [5.74, 6) is 6.81. The van der Waals surface area contributed by atoms with Gasteiger partial charge in [-0.25, -0.2) is 4.68 Å². The standard InChI is InChI=1S/C22H24F3N5O2S/c1-13(2)17-8-7-14(3)9-18(17)32-11-19-28-29-21(30(19)26)33-12-20(31)27-16-6-4-5-15(10-16)22(23,24)25/h4-10,13H,11-12,26H2,1-3H3,(H,27,31). The van der Waals surface area contributed by atoms with Crippen LogP contribution in [0.3, 0.4) is 0 Å². The van der Waals surface area contributed by atoms with Crippen molar-refractivity contribution in [2.45, 2.75) is 44.6 Å². The topological polar surface area (TPSA) is 95.1 Å². The summed E-state index contributed by atoms with van der Waals surface area (Å²) >= 11 is 1.01. The Bertz CT molecular complexity index is 1130. The molecule has 3 rings (SSSR count). The van der Waals surface area contributed by atoms with Crippen LogP contribution in [0.15, 0.2) is 47.6 Å². The highest BCUT2D eigenvalue weighted by molar-refractivity contribution is 7.99. The average molecular weight is 480 g/mol. The number of amides is 1. The number of nitrogen functional groups attached to an aromatic ring is 1. The zero-order valence-electron chi connectivity index (χ0n) is 18.3. The molecule has 33 heavy (non-hydrogen) atoms. The first-order valence-electron chi connectivity index (χ1n) is 10.1. The first-order chi connectivity index (χ1) is 15.5. The molecule has 1 heterocycles. The highest BCUT2D eigenvalue weighted by Gasteiger charge is 2.30. The van der Waals surface area contributed by atoms with Crippen LogP contribution in [0, 0.1) is 6.92 Å². The number of aryl methyl sites for hydroxylation is 1. The predicted molar refractivity (Wildman–Crippen MR) is 121 cm³/mol. The lowest BCUT2D eigenvalue weighted by Gasteiger charge is -2.14. The average Bonchev–Trinajstić information content (AvgIpc) is 3.09. The first-order valence-corrected chi connectivity index (χ1v) is 11.1. The number of hydrogen-bond acceptors (Lipinski definition) is 6. The van der Waals surface area contributed by atoms with E-state index in [9.17, 15) is 18.0 Å². The molecule has 0 bridgehead atoms. The minimum Gasteiger partial charge on any atom is -0.485 e. The normalized spacial score (nSPS) is 11.6. The molecule has 7 nitrogen and oxygen atoms in total. The van der Waals surface area contributed by atoms with Crippen LogP contribution in [0.25, 0.3) is 0 Å². The highest BCUT2D eigenvalue weighted by atomic mass is 32.2. The summed E-state index contributed by atoms with van der Waals surface area (Å²) in [6.45, 7) is 6.20. The number of alkyl halides is 3. The molecule has 0 unspecified atom stereocenters. The number of hydrogen-bond donors (Lipinski definition) is 2. The number of nitrogens with two attached hydrogens (primary N) is 1. The SMILES string of the molecule is Cc1ccc(C(C)C)c(OCc2nnc(SCC(=O)Nc3cccc(C(F)(F)F)c3)n2N)c1. The van der Waals surface area contributed by atoms with Gasteiger partial charge in [0.05, 0.1) is 11.3 Å². The quantitative estimate of drug-likeness (QED) is 0.358. The van der Waals surface area contributed by atoms with E-state index in [4.69, 9.17) is 10.6 Å². The van der Waals surface area contributed by atoms with Gasteiger partial charge in [0.2, 0.25) is 11.1 Å². The Morgan fingerprint density at radius 1 is 1.21 bits per heavy atom. The Morgan fingerprint density at radius 2 is 1.97 bits per heavy atom. The number of rotatable bonds is 8. The Morgan fingerprint density at radius 3 is 2.67 bits per heavy atom. The van der Waals surface area contributed by atoms with Crippen LogP contribution in [-0.4, -0.2) is 26.5 Å². The van der Waals surface area contributed by atoms with E-state index in [-0.39, 0.29) is 29.1 Å². The van der Waals surface area contributed by atoms with Gasteiger partial charge in [-0.15, -0.1) is 10.2 Å². The van der Waals surface area contributed by atoms with Crippen molar-refractivity contribution in [1.29, 1.82) is 0 Å². The predicted octanol–water partition coefficient (Wildman–Crippen LogP) is 4.75. The van der Waals surface area contributed by atoms with Gasteiger partial charge in [0.1, 0.15) is 12.4 Å². The molecule has 0 saturated heterocycles. The van der Waals surface area contributed by atoms with Crippen molar-refractivity contribution >= 4 is 23.4 Å². The second-order valence-electron chi connectivity index (χ2n) is 7.67. The Hall–Kier alpha value is -3.21. The first kappa shape index (κ1) is 24.4. The number of thioether (sulfide) groups is 1. The van der Waals surface area contributed by atoms with Crippen molar-refractivity contribution in [2.24, 2.45) is 0 Å². The molecule has 0 radical (unpaired) electrons. The van der Waals surface area contributed by atoms with Crippen molar-refractivity contribution in [3.05, 3.63) is 65.0 Å². The van der Waals surface area contributed by atoms with Crippen molar-refractivity contribution in [3.63, 3.8) is 0 Å². The van der Waals surface area contributed by atoms with E-state index < -0.39 is 17.6 Å². The molecule has 1 aromatic heterocycles. The van der Waals surface area contributed by atoms with E-state index in [0.717, 1.165) is 40.8 Å². The maximum atomic E-state index is 12.8. The van der Waals surface area contributed by atoms with E-state index in [1.807, 2.05) is 25.1 Å². The van der Waals surface area contributed by atoms with Gasteiger partial charge < -0.3 is 15.9 Å². The molecule has 1 amide bonds. The molecule has 0 aliphatic carbocycles. The third-order valence-corrected chi connectivity index (χ3v) is 5.63. The van der Waals surface area contributed by atoms with Crippen LogP contribution in [0.2, 0.25) is 0 Å². The Kier molecular flexibility index (Phi) is 7.52. The molecule has 0 atom stereocenters. The Labute approximate surface area is 193 Å². The number of benzene rings is 2. The summed E-state index contributed by atoms with van der Waals surface area (Å²) in [5, 5.41) is 10.7.